The highest BCUT2D eigenvalue weighted by atomic mass is 79.9. The predicted octanol–water partition coefficient (Wildman–Crippen LogP) is 3.43. The number of nitrogens with one attached hydrogen (secondary N) is 1. The van der Waals surface area contributed by atoms with Crippen molar-refractivity contribution in [3.05, 3.63) is 57.3 Å². The highest BCUT2D eigenvalue weighted by molar-refractivity contribution is 9.10. The lowest BCUT2D eigenvalue weighted by Gasteiger charge is -2.11. The van der Waals surface area contributed by atoms with E-state index in [0.29, 0.717) is 16.7 Å². The van der Waals surface area contributed by atoms with Crippen LogP contribution >= 0.6 is 15.9 Å². The summed E-state index contributed by atoms with van der Waals surface area (Å²) in [5.74, 6) is 0.543. The molecule has 146 valence electrons. The summed E-state index contributed by atoms with van der Waals surface area (Å²) in [4.78, 5) is 19.4. The number of hydrogen-bond donors (Lipinski definition) is 2. The van der Waals surface area contributed by atoms with Gasteiger partial charge < -0.3 is 19.9 Å². The fourth-order valence-corrected chi connectivity index (χ4v) is 2.91. The van der Waals surface area contributed by atoms with E-state index in [4.69, 9.17) is 14.6 Å². The fraction of sp³-hybridized carbons (Fsp3) is 0.222. The summed E-state index contributed by atoms with van der Waals surface area (Å²) in [7, 11) is 0. The predicted molar refractivity (Wildman–Crippen MR) is 107 cm³/mol. The minimum absolute atomic E-state index is 0.0946. The number of fused-ring (bicyclic) bond motifs is 1. The maximum Gasteiger partial charge on any atom is 0.311 e. The van der Waals surface area contributed by atoms with Crippen LogP contribution in [0.25, 0.3) is 10.9 Å². The van der Waals surface area contributed by atoms with E-state index in [0.717, 1.165) is 10.2 Å². The molecule has 0 aliphatic rings. The van der Waals surface area contributed by atoms with Gasteiger partial charge in [0, 0.05) is 22.3 Å². The molecule has 28 heavy (non-hydrogen) atoms. The van der Waals surface area contributed by atoms with Crippen molar-refractivity contribution in [2.24, 2.45) is 0 Å². The van der Waals surface area contributed by atoms with Gasteiger partial charge in [0.05, 0.1) is 35.6 Å². The van der Waals surface area contributed by atoms with Crippen molar-refractivity contribution in [3.8, 4) is 5.75 Å². The quantitative estimate of drug-likeness (QED) is 0.290. The first-order valence-electron chi connectivity index (χ1n) is 8.35. The molecule has 1 aromatic heterocycles. The third-order valence-electron chi connectivity index (χ3n) is 3.72. The Kier molecular flexibility index (Phi) is 6.69. The van der Waals surface area contributed by atoms with Gasteiger partial charge in [-0.15, -0.1) is 0 Å². The molecule has 0 aliphatic carbocycles. The van der Waals surface area contributed by atoms with E-state index in [9.17, 15) is 10.1 Å². The number of hydrogen-bond acceptors (Lipinski definition) is 8. The smallest absolute Gasteiger partial charge is 0.311 e. The third kappa shape index (κ3) is 4.91. The molecule has 0 saturated heterocycles. The monoisotopic (exact) mass is 448 g/mol. The largest absolute Gasteiger partial charge is 0.484 e. The number of halogens is 1. The van der Waals surface area contributed by atoms with Gasteiger partial charge in [0.25, 0.3) is 0 Å². The zero-order chi connectivity index (χ0) is 19.9. The molecule has 3 rings (SSSR count). The van der Waals surface area contributed by atoms with E-state index >= 15 is 0 Å². The average Bonchev–Trinajstić information content (AvgIpc) is 2.67. The Morgan fingerprint density at radius 3 is 2.79 bits per heavy atom. The second-order valence-corrected chi connectivity index (χ2v) is 6.55. The standard InChI is InChI=1S/C18H17BrN4O5/c19-12-2-1-3-13(8-12)22-18-14-9-16(23(25)26)17(10-15(14)20-11-21-18)28-7-6-27-5-4-24/h1-3,8-11,24H,4-7H2,(H,20,21,22). The normalized spacial score (nSPS) is 10.8. The molecule has 0 aliphatic heterocycles. The number of nitro groups is 1. The molecule has 2 aromatic carbocycles. The third-order valence-corrected chi connectivity index (χ3v) is 4.21. The highest BCUT2D eigenvalue weighted by Crippen LogP contribution is 2.34. The summed E-state index contributed by atoms with van der Waals surface area (Å²) in [5.41, 5.74) is 1.09. The zero-order valence-electron chi connectivity index (χ0n) is 14.7. The van der Waals surface area contributed by atoms with Gasteiger partial charge in [-0.2, -0.15) is 0 Å². The van der Waals surface area contributed by atoms with Gasteiger partial charge in [-0.3, -0.25) is 10.1 Å². The molecule has 0 spiro atoms. The Morgan fingerprint density at radius 1 is 1.18 bits per heavy atom. The number of ether oxygens (including phenoxy) is 2. The van der Waals surface area contributed by atoms with Gasteiger partial charge >= 0.3 is 5.69 Å². The van der Waals surface area contributed by atoms with Crippen molar-refractivity contribution in [1.29, 1.82) is 0 Å². The number of aromatic nitrogens is 2. The Labute approximate surface area is 168 Å². The summed E-state index contributed by atoms with van der Waals surface area (Å²) in [6.07, 6.45) is 1.38. The summed E-state index contributed by atoms with van der Waals surface area (Å²) in [5, 5.41) is 23.8. The molecule has 0 saturated carbocycles. The lowest BCUT2D eigenvalue weighted by Crippen LogP contribution is -2.10. The van der Waals surface area contributed by atoms with Crippen LogP contribution in [0.4, 0.5) is 17.2 Å². The fourth-order valence-electron chi connectivity index (χ4n) is 2.51. The van der Waals surface area contributed by atoms with Crippen LogP contribution in [-0.2, 0) is 4.74 Å². The van der Waals surface area contributed by atoms with Gasteiger partial charge in [-0.05, 0) is 18.2 Å². The average molecular weight is 449 g/mol. The van der Waals surface area contributed by atoms with E-state index in [-0.39, 0.29) is 37.9 Å². The molecule has 1 heterocycles. The van der Waals surface area contributed by atoms with Crippen molar-refractivity contribution in [2.45, 2.75) is 0 Å². The molecule has 0 atom stereocenters. The minimum atomic E-state index is -0.515. The van der Waals surface area contributed by atoms with Crippen LogP contribution in [0.1, 0.15) is 0 Å². The lowest BCUT2D eigenvalue weighted by atomic mass is 10.2. The number of benzene rings is 2. The summed E-state index contributed by atoms with van der Waals surface area (Å²) in [6, 6.07) is 10.4. The molecule has 0 radical (unpaired) electrons. The molecule has 9 nitrogen and oxygen atoms in total. The topological polar surface area (TPSA) is 120 Å². The van der Waals surface area contributed by atoms with Gasteiger partial charge in [-0.25, -0.2) is 9.97 Å². The minimum Gasteiger partial charge on any atom is -0.484 e. The van der Waals surface area contributed by atoms with Crippen LogP contribution in [0.3, 0.4) is 0 Å². The first-order chi connectivity index (χ1) is 13.6. The number of rotatable bonds is 9. The highest BCUT2D eigenvalue weighted by Gasteiger charge is 2.19. The SMILES string of the molecule is O=[N+]([O-])c1cc2c(Nc3cccc(Br)c3)ncnc2cc1OCCOCCO. The van der Waals surface area contributed by atoms with Gasteiger partial charge in [0.1, 0.15) is 18.8 Å². The number of nitro benzene ring substituents is 1. The summed E-state index contributed by atoms with van der Waals surface area (Å²) < 4.78 is 11.5. The molecule has 0 fully saturated rings. The molecular weight excluding hydrogens is 432 g/mol. The molecule has 2 N–H and O–H groups in total. The van der Waals surface area contributed by atoms with Gasteiger partial charge in [0.2, 0.25) is 0 Å². The van der Waals surface area contributed by atoms with Crippen LogP contribution < -0.4 is 10.1 Å². The Morgan fingerprint density at radius 2 is 2.04 bits per heavy atom. The molecule has 0 unspecified atom stereocenters. The van der Waals surface area contributed by atoms with Crippen LogP contribution in [0.15, 0.2) is 47.2 Å². The molecular formula is C18H17BrN4O5. The van der Waals surface area contributed by atoms with Gasteiger partial charge in [-0.1, -0.05) is 22.0 Å². The summed E-state index contributed by atoms with van der Waals surface area (Å²) >= 11 is 3.40. The van der Waals surface area contributed by atoms with Crippen LogP contribution in [0.2, 0.25) is 0 Å². The van der Waals surface area contributed by atoms with Crippen molar-refractivity contribution < 1.29 is 19.5 Å². The second kappa shape index (κ2) is 9.40. The maximum atomic E-state index is 11.5. The lowest BCUT2D eigenvalue weighted by molar-refractivity contribution is -0.385. The van der Waals surface area contributed by atoms with Crippen molar-refractivity contribution in [1.82, 2.24) is 9.97 Å². The summed E-state index contributed by atoms with van der Waals surface area (Å²) in [6.45, 7) is 0.400. The first-order valence-corrected chi connectivity index (χ1v) is 9.15. The Bertz CT molecular complexity index is 985. The van der Waals surface area contributed by atoms with E-state index in [1.807, 2.05) is 24.3 Å². The number of aliphatic hydroxyl groups excluding tert-OH is 1. The zero-order valence-corrected chi connectivity index (χ0v) is 16.3. The van der Waals surface area contributed by atoms with Crippen molar-refractivity contribution in [2.75, 3.05) is 31.7 Å². The van der Waals surface area contributed by atoms with Crippen molar-refractivity contribution in [3.63, 3.8) is 0 Å². The molecule has 0 amide bonds. The number of aliphatic hydroxyl groups is 1. The molecule has 10 heteroatoms. The van der Waals surface area contributed by atoms with Crippen molar-refractivity contribution >= 4 is 44.0 Å². The Hall–Kier alpha value is -2.82. The van der Waals surface area contributed by atoms with E-state index in [1.165, 1.54) is 18.5 Å². The van der Waals surface area contributed by atoms with Crippen LogP contribution in [0.5, 0.6) is 5.75 Å². The number of nitrogens with zero attached hydrogens (tertiary/aromatic N) is 3. The van der Waals surface area contributed by atoms with Gasteiger partial charge in [0.15, 0.2) is 5.75 Å². The number of anilines is 2. The maximum absolute atomic E-state index is 11.5. The van der Waals surface area contributed by atoms with Crippen LogP contribution in [-0.4, -0.2) is 46.4 Å². The first kappa shape index (κ1) is 19.9. The second-order valence-electron chi connectivity index (χ2n) is 5.64. The molecule has 0 bridgehead atoms. The molecule has 3 aromatic rings. The van der Waals surface area contributed by atoms with E-state index < -0.39 is 4.92 Å². The Balaban J connectivity index is 1.91. The van der Waals surface area contributed by atoms with Crippen LogP contribution in [0, 0.1) is 10.1 Å². The van der Waals surface area contributed by atoms with E-state index in [1.54, 1.807) is 0 Å². The van der Waals surface area contributed by atoms with E-state index in [2.05, 4.69) is 31.2 Å².